The molecule has 6 nitrogen and oxygen atoms in total. The van der Waals surface area contributed by atoms with Crippen molar-refractivity contribution in [2.45, 2.75) is 39.7 Å². The maximum Gasteiger partial charge on any atom is 0.238 e. The zero-order chi connectivity index (χ0) is 17.9. The van der Waals surface area contributed by atoms with Crippen LogP contribution in [0.3, 0.4) is 0 Å². The number of carbonyl (C=O) groups excluding carboxylic acids is 1. The van der Waals surface area contributed by atoms with E-state index < -0.39 is 15.6 Å². The molecular formula is C17H27N3O3S. The van der Waals surface area contributed by atoms with Crippen molar-refractivity contribution in [3.05, 3.63) is 29.1 Å². The molecule has 2 rings (SSSR count). The second-order valence-corrected chi connectivity index (χ2v) is 8.91. The highest BCUT2D eigenvalue weighted by Gasteiger charge is 2.24. The van der Waals surface area contributed by atoms with Crippen LogP contribution in [-0.2, 0) is 28.2 Å². The van der Waals surface area contributed by atoms with E-state index in [1.807, 2.05) is 20.9 Å². The van der Waals surface area contributed by atoms with Crippen LogP contribution in [0, 0.1) is 19.8 Å². The monoisotopic (exact) mass is 353 g/mol. The third-order valence-corrected chi connectivity index (χ3v) is 5.37. The predicted molar refractivity (Wildman–Crippen MR) is 94.3 cm³/mol. The van der Waals surface area contributed by atoms with Crippen LogP contribution in [0.2, 0.25) is 0 Å². The number of hydrogen-bond donors (Lipinski definition) is 0. The molecule has 0 bridgehead atoms. The Labute approximate surface area is 144 Å². The lowest BCUT2D eigenvalue weighted by Gasteiger charge is -2.28. The summed E-state index contributed by atoms with van der Waals surface area (Å²) in [5, 5.41) is 4.39. The third kappa shape index (κ3) is 4.93. The van der Waals surface area contributed by atoms with Crippen LogP contribution in [-0.4, -0.2) is 47.6 Å². The van der Waals surface area contributed by atoms with Gasteiger partial charge in [0.1, 0.15) is 5.75 Å². The van der Waals surface area contributed by atoms with Crippen LogP contribution in [0.1, 0.15) is 36.2 Å². The Balaban J connectivity index is 2.20. The number of amides is 1. The van der Waals surface area contributed by atoms with Crippen molar-refractivity contribution in [1.29, 1.82) is 0 Å². The molecule has 1 aliphatic rings. The van der Waals surface area contributed by atoms with Crippen molar-refractivity contribution in [2.75, 3.05) is 18.6 Å². The molecule has 1 aromatic rings. The molecule has 7 heteroatoms. The highest BCUT2D eigenvalue weighted by Crippen LogP contribution is 2.22. The first-order valence-corrected chi connectivity index (χ1v) is 10.3. The van der Waals surface area contributed by atoms with Crippen LogP contribution in [0.25, 0.3) is 0 Å². The van der Waals surface area contributed by atoms with Gasteiger partial charge in [-0.15, -0.1) is 0 Å². The fraction of sp³-hybridized carbons (Fsp3) is 0.647. The standard InChI is InChI=1S/C17H27N3O3S/c1-13-16(14(2)19(3)18-13)11-20(17(21)12-24(4,22)23)10-15-8-6-5-7-9-15/h5-6,15H,7-12H2,1-4H3/t15-/m0/s1. The van der Waals surface area contributed by atoms with Crippen molar-refractivity contribution in [3.63, 3.8) is 0 Å². The van der Waals surface area contributed by atoms with Crippen LogP contribution in [0.5, 0.6) is 0 Å². The molecule has 1 aliphatic carbocycles. The number of sulfone groups is 1. The van der Waals surface area contributed by atoms with Crippen LogP contribution in [0.4, 0.5) is 0 Å². The summed E-state index contributed by atoms with van der Waals surface area (Å²) in [6.07, 6.45) is 8.40. The van der Waals surface area contributed by atoms with Gasteiger partial charge in [-0.3, -0.25) is 9.48 Å². The molecule has 1 amide bonds. The van der Waals surface area contributed by atoms with Crippen LogP contribution >= 0.6 is 0 Å². The van der Waals surface area contributed by atoms with Crippen molar-refractivity contribution in [1.82, 2.24) is 14.7 Å². The second-order valence-electron chi connectivity index (χ2n) is 6.77. The normalized spacial score (nSPS) is 17.9. The average molecular weight is 353 g/mol. The molecule has 0 fully saturated rings. The molecule has 1 heterocycles. The summed E-state index contributed by atoms with van der Waals surface area (Å²) in [6.45, 7) is 4.90. The first-order chi connectivity index (χ1) is 11.2. The Morgan fingerprint density at radius 2 is 2.08 bits per heavy atom. The molecule has 24 heavy (non-hydrogen) atoms. The fourth-order valence-electron chi connectivity index (χ4n) is 3.14. The van der Waals surface area contributed by atoms with Crippen molar-refractivity contribution < 1.29 is 13.2 Å². The molecule has 0 radical (unpaired) electrons. The van der Waals surface area contributed by atoms with Gasteiger partial charge in [0.05, 0.1) is 5.69 Å². The van der Waals surface area contributed by atoms with E-state index in [0.29, 0.717) is 19.0 Å². The van der Waals surface area contributed by atoms with Crippen LogP contribution in [0.15, 0.2) is 12.2 Å². The summed E-state index contributed by atoms with van der Waals surface area (Å²) in [5.74, 6) is -0.376. The van der Waals surface area contributed by atoms with Gasteiger partial charge in [0, 0.05) is 37.7 Å². The van der Waals surface area contributed by atoms with Gasteiger partial charge in [0.15, 0.2) is 9.84 Å². The van der Waals surface area contributed by atoms with E-state index in [1.54, 1.807) is 9.58 Å². The first-order valence-electron chi connectivity index (χ1n) is 8.27. The quantitative estimate of drug-likeness (QED) is 0.731. The Morgan fingerprint density at radius 1 is 1.38 bits per heavy atom. The Bertz CT molecular complexity index is 735. The lowest BCUT2D eigenvalue weighted by molar-refractivity contribution is -0.129. The SMILES string of the molecule is Cc1nn(C)c(C)c1CN(C[C@H]1CC=CCC1)C(=O)CS(C)(=O)=O. The highest BCUT2D eigenvalue weighted by atomic mass is 32.2. The molecular weight excluding hydrogens is 326 g/mol. The van der Waals surface area contributed by atoms with Gasteiger partial charge in [-0.2, -0.15) is 5.10 Å². The molecule has 0 unspecified atom stereocenters. The smallest absolute Gasteiger partial charge is 0.238 e. The number of rotatable bonds is 6. The van der Waals surface area contributed by atoms with Crippen LogP contribution < -0.4 is 0 Å². The minimum atomic E-state index is -3.34. The van der Waals surface area contributed by atoms with E-state index in [-0.39, 0.29) is 5.91 Å². The maximum atomic E-state index is 12.6. The summed E-state index contributed by atoms with van der Waals surface area (Å²) in [5.41, 5.74) is 2.90. The molecule has 1 atom stereocenters. The Kier molecular flexibility index (Phi) is 5.85. The van der Waals surface area contributed by atoms with E-state index in [0.717, 1.165) is 42.5 Å². The summed E-state index contributed by atoms with van der Waals surface area (Å²) in [7, 11) is -1.47. The minimum Gasteiger partial charge on any atom is -0.337 e. The molecule has 1 aromatic heterocycles. The van der Waals surface area contributed by atoms with Gasteiger partial charge in [-0.1, -0.05) is 12.2 Å². The second kappa shape index (κ2) is 7.51. The Morgan fingerprint density at radius 3 is 2.58 bits per heavy atom. The van der Waals surface area contributed by atoms with Crippen molar-refractivity contribution in [3.8, 4) is 0 Å². The Hall–Kier alpha value is -1.63. The molecule has 0 spiro atoms. The molecule has 0 aromatic carbocycles. The minimum absolute atomic E-state index is 0.324. The van der Waals surface area contributed by atoms with E-state index >= 15 is 0 Å². The van der Waals surface area contributed by atoms with E-state index in [9.17, 15) is 13.2 Å². The molecule has 0 saturated heterocycles. The third-order valence-electron chi connectivity index (χ3n) is 4.60. The zero-order valence-corrected chi connectivity index (χ0v) is 15.8. The van der Waals surface area contributed by atoms with Gasteiger partial charge >= 0.3 is 0 Å². The number of aromatic nitrogens is 2. The molecule has 0 N–H and O–H groups in total. The number of carbonyl (C=O) groups is 1. The predicted octanol–water partition coefficient (Wildman–Crippen LogP) is 1.77. The highest BCUT2D eigenvalue weighted by molar-refractivity contribution is 7.91. The molecule has 0 saturated carbocycles. The summed E-state index contributed by atoms with van der Waals surface area (Å²) in [6, 6.07) is 0. The average Bonchev–Trinajstić information content (AvgIpc) is 2.72. The number of nitrogens with zero attached hydrogens (tertiary/aromatic N) is 3. The number of allylic oxidation sites excluding steroid dienone is 2. The van der Waals surface area contributed by atoms with E-state index in [2.05, 4.69) is 17.3 Å². The lowest BCUT2D eigenvalue weighted by Crippen LogP contribution is -2.39. The summed E-state index contributed by atoms with van der Waals surface area (Å²) < 4.78 is 24.9. The van der Waals surface area contributed by atoms with Gasteiger partial charge in [0.2, 0.25) is 5.91 Å². The van der Waals surface area contributed by atoms with E-state index in [4.69, 9.17) is 0 Å². The van der Waals surface area contributed by atoms with Gasteiger partial charge < -0.3 is 4.90 Å². The zero-order valence-electron chi connectivity index (χ0n) is 14.9. The number of hydrogen-bond acceptors (Lipinski definition) is 4. The van der Waals surface area contributed by atoms with E-state index in [1.165, 1.54) is 0 Å². The largest absolute Gasteiger partial charge is 0.337 e. The summed E-state index contributed by atoms with van der Waals surface area (Å²) >= 11 is 0. The fourth-order valence-corrected chi connectivity index (χ4v) is 3.77. The molecule has 0 aliphatic heterocycles. The lowest BCUT2D eigenvalue weighted by atomic mass is 9.93. The van der Waals surface area contributed by atoms with Crippen molar-refractivity contribution >= 4 is 15.7 Å². The van der Waals surface area contributed by atoms with Gasteiger partial charge in [-0.25, -0.2) is 8.42 Å². The first kappa shape index (κ1) is 18.7. The maximum absolute atomic E-state index is 12.6. The topological polar surface area (TPSA) is 72.3 Å². The number of aryl methyl sites for hydroxylation is 2. The van der Waals surface area contributed by atoms with Gasteiger partial charge in [-0.05, 0) is 39.0 Å². The molecule has 134 valence electrons. The van der Waals surface area contributed by atoms with Gasteiger partial charge in [0.25, 0.3) is 0 Å². The summed E-state index contributed by atoms with van der Waals surface area (Å²) in [4.78, 5) is 14.3. The van der Waals surface area contributed by atoms with Crippen molar-refractivity contribution in [2.24, 2.45) is 13.0 Å².